The Morgan fingerprint density at radius 1 is 1.39 bits per heavy atom. The van der Waals surface area contributed by atoms with Crippen LogP contribution in [0.4, 0.5) is 11.7 Å². The average molecular weight is 248 g/mol. The van der Waals surface area contributed by atoms with Crippen molar-refractivity contribution in [2.75, 3.05) is 19.1 Å². The van der Waals surface area contributed by atoms with Crippen LogP contribution in [0.15, 0.2) is 28.7 Å². The summed E-state index contributed by atoms with van der Waals surface area (Å²) in [4.78, 5) is 1.78. The molecule has 0 bridgehead atoms. The molecule has 0 spiro atoms. The molecule has 2 rings (SSSR count). The summed E-state index contributed by atoms with van der Waals surface area (Å²) in [5.41, 5.74) is 6.57. The molecule has 0 fully saturated rings. The molecular weight excluding hydrogens is 232 g/mol. The van der Waals surface area contributed by atoms with Crippen molar-refractivity contribution >= 4 is 11.7 Å². The fourth-order valence-corrected chi connectivity index (χ4v) is 1.48. The Hall–Kier alpha value is -2.08. The quantitative estimate of drug-likeness (QED) is 0.890. The van der Waals surface area contributed by atoms with Gasteiger partial charge in [-0.2, -0.15) is 0 Å². The molecule has 0 aliphatic carbocycles. The molecule has 0 aliphatic rings. The topological polar surface area (TPSA) is 77.4 Å². The van der Waals surface area contributed by atoms with Gasteiger partial charge in [-0.05, 0) is 19.1 Å². The van der Waals surface area contributed by atoms with Crippen LogP contribution in [0.1, 0.15) is 18.9 Å². The van der Waals surface area contributed by atoms with Gasteiger partial charge in [-0.15, -0.1) is 5.10 Å². The van der Waals surface area contributed by atoms with Crippen LogP contribution in [0.2, 0.25) is 0 Å². The lowest BCUT2D eigenvalue weighted by Gasteiger charge is -2.14. The van der Waals surface area contributed by atoms with Gasteiger partial charge >= 0.3 is 6.01 Å². The molecule has 96 valence electrons. The molecule has 6 heteroatoms. The van der Waals surface area contributed by atoms with E-state index in [2.05, 4.69) is 10.2 Å². The number of nitrogens with zero attached hydrogens (tertiary/aromatic N) is 3. The molecule has 0 radical (unpaired) electrons. The molecular formula is C12H16N4O2. The number of nitrogens with two attached hydrogens (primary N) is 1. The maximum Gasteiger partial charge on any atom is 0.322 e. The molecule has 1 aromatic carbocycles. The predicted octanol–water partition coefficient (Wildman–Crippen LogP) is 1.87. The van der Waals surface area contributed by atoms with Crippen molar-refractivity contribution < 1.29 is 9.15 Å². The second-order valence-corrected chi connectivity index (χ2v) is 3.97. The van der Waals surface area contributed by atoms with Crippen molar-refractivity contribution in [2.24, 2.45) is 5.73 Å². The zero-order valence-corrected chi connectivity index (χ0v) is 10.6. The molecule has 2 N–H and O–H groups in total. The van der Waals surface area contributed by atoms with E-state index in [-0.39, 0.29) is 6.04 Å². The normalized spacial score (nSPS) is 12.2. The van der Waals surface area contributed by atoms with Crippen LogP contribution in [0.3, 0.4) is 0 Å². The first kappa shape index (κ1) is 12.4. The summed E-state index contributed by atoms with van der Waals surface area (Å²) in [6.07, 6.45) is 0. The first-order chi connectivity index (χ1) is 8.61. The van der Waals surface area contributed by atoms with Crippen molar-refractivity contribution in [1.82, 2.24) is 10.2 Å². The van der Waals surface area contributed by atoms with Gasteiger partial charge in [-0.3, -0.25) is 4.90 Å². The van der Waals surface area contributed by atoms with E-state index < -0.39 is 0 Å². The maximum atomic E-state index is 5.68. The van der Waals surface area contributed by atoms with Gasteiger partial charge in [0.05, 0.1) is 13.2 Å². The zero-order valence-electron chi connectivity index (χ0n) is 10.6. The zero-order chi connectivity index (χ0) is 13.1. The van der Waals surface area contributed by atoms with E-state index in [1.165, 1.54) is 0 Å². The summed E-state index contributed by atoms with van der Waals surface area (Å²) in [5.74, 6) is 1.19. The summed E-state index contributed by atoms with van der Waals surface area (Å²) in [5, 5.41) is 7.85. The van der Waals surface area contributed by atoms with Gasteiger partial charge in [-0.1, -0.05) is 11.2 Å². The smallest absolute Gasteiger partial charge is 0.322 e. The van der Waals surface area contributed by atoms with E-state index in [1.807, 2.05) is 31.3 Å². The highest BCUT2D eigenvalue weighted by molar-refractivity contribution is 5.57. The van der Waals surface area contributed by atoms with Crippen LogP contribution < -0.4 is 15.4 Å². The lowest BCUT2D eigenvalue weighted by atomic mass is 10.3. The molecule has 1 unspecified atom stereocenters. The molecule has 2 aromatic rings. The number of ether oxygens (including phenoxy) is 1. The Labute approximate surface area is 105 Å². The van der Waals surface area contributed by atoms with E-state index in [0.29, 0.717) is 11.9 Å². The van der Waals surface area contributed by atoms with Gasteiger partial charge in [0, 0.05) is 18.8 Å². The number of methoxy groups -OCH3 is 1. The molecule has 0 amide bonds. The monoisotopic (exact) mass is 248 g/mol. The van der Waals surface area contributed by atoms with Crippen LogP contribution in [0.25, 0.3) is 0 Å². The summed E-state index contributed by atoms with van der Waals surface area (Å²) in [6.45, 7) is 1.79. The van der Waals surface area contributed by atoms with Gasteiger partial charge in [0.2, 0.25) is 5.89 Å². The van der Waals surface area contributed by atoms with E-state index in [1.54, 1.807) is 18.9 Å². The van der Waals surface area contributed by atoms with Crippen LogP contribution >= 0.6 is 0 Å². The molecule has 0 aliphatic heterocycles. The highest BCUT2D eigenvalue weighted by Gasteiger charge is 2.14. The largest absolute Gasteiger partial charge is 0.497 e. The molecule has 6 nitrogen and oxygen atoms in total. The van der Waals surface area contributed by atoms with Crippen LogP contribution in [0.5, 0.6) is 5.75 Å². The van der Waals surface area contributed by atoms with Crippen molar-refractivity contribution in [1.29, 1.82) is 0 Å². The highest BCUT2D eigenvalue weighted by Crippen LogP contribution is 2.26. The van der Waals surface area contributed by atoms with E-state index >= 15 is 0 Å². The number of benzene rings is 1. The molecule has 18 heavy (non-hydrogen) atoms. The van der Waals surface area contributed by atoms with Crippen molar-refractivity contribution in [3.05, 3.63) is 30.2 Å². The van der Waals surface area contributed by atoms with Gasteiger partial charge in [-0.25, -0.2) is 0 Å². The van der Waals surface area contributed by atoms with Gasteiger partial charge in [0.1, 0.15) is 5.75 Å². The van der Waals surface area contributed by atoms with Crippen molar-refractivity contribution in [2.45, 2.75) is 13.0 Å². The number of hydrogen-bond donors (Lipinski definition) is 1. The Balaban J connectivity index is 2.26. The third-order valence-electron chi connectivity index (χ3n) is 2.55. The van der Waals surface area contributed by atoms with E-state index in [0.717, 1.165) is 11.4 Å². The minimum Gasteiger partial charge on any atom is -0.497 e. The standard InChI is InChI=1S/C12H16N4O2/c1-8(13)11-14-15-12(18-11)16(2)9-5-4-6-10(7-9)17-3/h4-8H,13H2,1-3H3. The predicted molar refractivity (Wildman–Crippen MR) is 68.0 cm³/mol. The van der Waals surface area contributed by atoms with Crippen LogP contribution in [-0.4, -0.2) is 24.4 Å². The lowest BCUT2D eigenvalue weighted by Crippen LogP contribution is -2.09. The second-order valence-electron chi connectivity index (χ2n) is 3.97. The van der Waals surface area contributed by atoms with Gasteiger partial charge in [0.25, 0.3) is 0 Å². The van der Waals surface area contributed by atoms with Crippen LogP contribution in [-0.2, 0) is 0 Å². The molecule has 1 aromatic heterocycles. The lowest BCUT2D eigenvalue weighted by molar-refractivity contribution is 0.415. The molecule has 0 saturated heterocycles. The fraction of sp³-hybridized carbons (Fsp3) is 0.333. The Morgan fingerprint density at radius 2 is 2.17 bits per heavy atom. The molecule has 0 saturated carbocycles. The van der Waals surface area contributed by atoms with E-state index in [9.17, 15) is 0 Å². The SMILES string of the molecule is COc1cccc(N(C)c2nnc(C(C)N)o2)c1. The summed E-state index contributed by atoms with van der Waals surface area (Å²) in [6, 6.07) is 7.71. The Morgan fingerprint density at radius 3 is 2.78 bits per heavy atom. The molecule has 1 heterocycles. The summed E-state index contributed by atoms with van der Waals surface area (Å²) >= 11 is 0. The number of rotatable bonds is 4. The Kier molecular flexibility index (Phi) is 3.47. The minimum atomic E-state index is -0.273. The summed E-state index contributed by atoms with van der Waals surface area (Å²) in [7, 11) is 3.47. The number of aromatic nitrogens is 2. The molecule has 1 atom stereocenters. The third kappa shape index (κ3) is 2.43. The highest BCUT2D eigenvalue weighted by atomic mass is 16.5. The second kappa shape index (κ2) is 5.05. The van der Waals surface area contributed by atoms with Crippen molar-refractivity contribution in [3.8, 4) is 5.75 Å². The number of hydrogen-bond acceptors (Lipinski definition) is 6. The van der Waals surface area contributed by atoms with Crippen LogP contribution in [0, 0.1) is 0 Å². The van der Waals surface area contributed by atoms with Gasteiger partial charge in [0.15, 0.2) is 0 Å². The van der Waals surface area contributed by atoms with Crippen molar-refractivity contribution in [3.63, 3.8) is 0 Å². The maximum absolute atomic E-state index is 5.68. The van der Waals surface area contributed by atoms with Gasteiger partial charge < -0.3 is 14.9 Å². The number of anilines is 2. The first-order valence-electron chi connectivity index (χ1n) is 5.58. The Bertz CT molecular complexity index is 524. The van der Waals surface area contributed by atoms with E-state index in [4.69, 9.17) is 14.9 Å². The fourth-order valence-electron chi connectivity index (χ4n) is 1.48. The third-order valence-corrected chi connectivity index (χ3v) is 2.55. The minimum absolute atomic E-state index is 0.273. The summed E-state index contributed by atoms with van der Waals surface area (Å²) < 4.78 is 10.6. The average Bonchev–Trinajstić information content (AvgIpc) is 2.87. The first-order valence-corrected chi connectivity index (χ1v) is 5.58.